The van der Waals surface area contributed by atoms with Gasteiger partial charge in [0.15, 0.2) is 0 Å². The van der Waals surface area contributed by atoms with Crippen molar-refractivity contribution in [2.24, 2.45) is 0 Å². The van der Waals surface area contributed by atoms with Gasteiger partial charge in [-0.1, -0.05) is 15.9 Å². The minimum Gasteiger partial charge on any atom is -0.508 e. The molecule has 0 radical (unpaired) electrons. The van der Waals surface area contributed by atoms with Crippen LogP contribution in [0.1, 0.15) is 19.4 Å². The van der Waals surface area contributed by atoms with Gasteiger partial charge < -0.3 is 14.9 Å². The van der Waals surface area contributed by atoms with Gasteiger partial charge in [0.25, 0.3) is 0 Å². The molecule has 1 aromatic carbocycles. The summed E-state index contributed by atoms with van der Waals surface area (Å²) in [6, 6.07) is 4.42. The lowest BCUT2D eigenvalue weighted by Gasteiger charge is -2.08. The molecule has 0 unspecified atom stereocenters. The minimum atomic E-state index is -0.583. The standard InChI is InChI=1S/C12H13BrO4/c1-3-17-12(16)7(2)11(15)9-6-8(14)4-5-10(9)13/h4-6,14-15H,3H2,1-2H3/b11-7-. The normalized spacial score (nSPS) is 11.9. The number of phenolic OH excluding ortho intramolecular Hbond substituents is 1. The molecular weight excluding hydrogens is 288 g/mol. The van der Waals surface area contributed by atoms with Crippen molar-refractivity contribution in [3.63, 3.8) is 0 Å². The van der Waals surface area contributed by atoms with Gasteiger partial charge in [0.1, 0.15) is 11.5 Å². The van der Waals surface area contributed by atoms with Gasteiger partial charge in [-0.2, -0.15) is 0 Å². The Morgan fingerprint density at radius 2 is 2.12 bits per heavy atom. The average Bonchev–Trinajstić information content (AvgIpc) is 2.30. The van der Waals surface area contributed by atoms with Gasteiger partial charge in [-0.05, 0) is 32.0 Å². The number of phenols is 1. The Hall–Kier alpha value is -1.49. The summed E-state index contributed by atoms with van der Waals surface area (Å²) in [6.07, 6.45) is 0. The zero-order valence-electron chi connectivity index (χ0n) is 9.53. The number of hydrogen-bond donors (Lipinski definition) is 2. The second-order valence-corrected chi connectivity index (χ2v) is 4.21. The molecule has 0 atom stereocenters. The van der Waals surface area contributed by atoms with Crippen molar-refractivity contribution in [1.29, 1.82) is 0 Å². The Balaban J connectivity index is 3.18. The Labute approximate surface area is 108 Å². The van der Waals surface area contributed by atoms with Crippen molar-refractivity contribution >= 4 is 27.7 Å². The smallest absolute Gasteiger partial charge is 0.337 e. The van der Waals surface area contributed by atoms with Crippen molar-refractivity contribution in [2.45, 2.75) is 13.8 Å². The molecule has 1 aromatic rings. The van der Waals surface area contributed by atoms with Crippen LogP contribution in [0.15, 0.2) is 28.2 Å². The summed E-state index contributed by atoms with van der Waals surface area (Å²) >= 11 is 3.23. The molecule has 0 spiro atoms. The Morgan fingerprint density at radius 3 is 2.71 bits per heavy atom. The number of hydrogen-bond acceptors (Lipinski definition) is 4. The first-order chi connectivity index (χ1) is 7.97. The van der Waals surface area contributed by atoms with Crippen LogP contribution in [-0.2, 0) is 9.53 Å². The van der Waals surface area contributed by atoms with Gasteiger partial charge in [-0.25, -0.2) is 4.79 Å². The second-order valence-electron chi connectivity index (χ2n) is 3.36. The van der Waals surface area contributed by atoms with Gasteiger partial charge in [-0.15, -0.1) is 0 Å². The highest BCUT2D eigenvalue weighted by Crippen LogP contribution is 2.28. The molecule has 0 saturated carbocycles. The molecule has 4 nitrogen and oxygen atoms in total. The van der Waals surface area contributed by atoms with E-state index in [4.69, 9.17) is 4.74 Å². The third-order valence-electron chi connectivity index (χ3n) is 2.14. The van der Waals surface area contributed by atoms with E-state index in [2.05, 4.69) is 15.9 Å². The number of rotatable bonds is 3. The first-order valence-corrected chi connectivity index (χ1v) is 5.82. The van der Waals surface area contributed by atoms with E-state index in [0.29, 0.717) is 10.0 Å². The summed E-state index contributed by atoms with van der Waals surface area (Å²) in [5.41, 5.74) is 0.439. The summed E-state index contributed by atoms with van der Waals surface area (Å²) < 4.78 is 5.36. The number of ether oxygens (including phenoxy) is 1. The summed E-state index contributed by atoms with van der Waals surface area (Å²) in [4.78, 5) is 11.4. The molecule has 0 aliphatic heterocycles. The van der Waals surface area contributed by atoms with E-state index < -0.39 is 5.97 Å². The van der Waals surface area contributed by atoms with E-state index in [1.54, 1.807) is 13.0 Å². The van der Waals surface area contributed by atoms with Crippen molar-refractivity contribution in [3.8, 4) is 5.75 Å². The van der Waals surface area contributed by atoms with E-state index in [1.165, 1.54) is 19.1 Å². The fourth-order valence-electron chi connectivity index (χ4n) is 1.23. The SMILES string of the molecule is CCOC(=O)/C(C)=C(\O)c1cc(O)ccc1Br. The molecule has 0 aliphatic rings. The van der Waals surface area contributed by atoms with Crippen LogP contribution in [0.2, 0.25) is 0 Å². The first kappa shape index (κ1) is 13.6. The topological polar surface area (TPSA) is 66.8 Å². The number of carbonyl (C=O) groups is 1. The van der Waals surface area contributed by atoms with Crippen LogP contribution in [-0.4, -0.2) is 22.8 Å². The van der Waals surface area contributed by atoms with Gasteiger partial charge in [0.05, 0.1) is 12.2 Å². The number of carbonyl (C=O) groups excluding carboxylic acids is 1. The maximum absolute atomic E-state index is 11.4. The predicted octanol–water partition coefficient (Wildman–Crippen LogP) is 3.01. The lowest BCUT2D eigenvalue weighted by molar-refractivity contribution is -0.138. The number of aliphatic hydroxyl groups excluding tert-OH is 1. The molecule has 5 heteroatoms. The van der Waals surface area contributed by atoms with E-state index >= 15 is 0 Å². The van der Waals surface area contributed by atoms with Crippen LogP contribution in [0.4, 0.5) is 0 Å². The minimum absolute atomic E-state index is 0.00593. The summed E-state index contributed by atoms with van der Waals surface area (Å²) in [7, 11) is 0. The zero-order chi connectivity index (χ0) is 13.0. The van der Waals surface area contributed by atoms with Crippen LogP contribution in [0.25, 0.3) is 5.76 Å². The lowest BCUT2D eigenvalue weighted by Crippen LogP contribution is -2.07. The molecule has 2 N–H and O–H groups in total. The Morgan fingerprint density at radius 1 is 1.47 bits per heavy atom. The second kappa shape index (κ2) is 5.72. The number of esters is 1. The summed E-state index contributed by atoms with van der Waals surface area (Å²) in [5, 5.41) is 19.3. The molecule has 92 valence electrons. The highest BCUT2D eigenvalue weighted by atomic mass is 79.9. The zero-order valence-corrected chi connectivity index (χ0v) is 11.1. The predicted molar refractivity (Wildman–Crippen MR) is 67.7 cm³/mol. The molecule has 1 rings (SSSR count). The maximum Gasteiger partial charge on any atom is 0.337 e. The lowest BCUT2D eigenvalue weighted by atomic mass is 10.1. The average molecular weight is 301 g/mol. The molecular formula is C12H13BrO4. The van der Waals surface area contributed by atoms with E-state index in [-0.39, 0.29) is 23.7 Å². The monoisotopic (exact) mass is 300 g/mol. The molecule has 0 aliphatic carbocycles. The van der Waals surface area contributed by atoms with E-state index in [1.807, 2.05) is 0 Å². The van der Waals surface area contributed by atoms with Crippen LogP contribution in [0.5, 0.6) is 5.75 Å². The van der Waals surface area contributed by atoms with E-state index in [0.717, 1.165) is 0 Å². The molecule has 0 aromatic heterocycles. The number of halogens is 1. The van der Waals surface area contributed by atoms with Crippen molar-refractivity contribution < 1.29 is 19.7 Å². The Bertz CT molecular complexity index is 466. The summed E-state index contributed by atoms with van der Waals surface area (Å²) in [6.45, 7) is 3.39. The van der Waals surface area contributed by atoms with Crippen LogP contribution in [0, 0.1) is 0 Å². The van der Waals surface area contributed by atoms with Crippen LogP contribution >= 0.6 is 15.9 Å². The third kappa shape index (κ3) is 3.23. The molecule has 0 amide bonds. The fraction of sp³-hybridized carbons (Fsp3) is 0.250. The van der Waals surface area contributed by atoms with Gasteiger partial charge >= 0.3 is 5.97 Å². The van der Waals surface area contributed by atoms with Gasteiger partial charge in [0.2, 0.25) is 0 Å². The van der Waals surface area contributed by atoms with Crippen LogP contribution in [0.3, 0.4) is 0 Å². The maximum atomic E-state index is 11.4. The highest BCUT2D eigenvalue weighted by Gasteiger charge is 2.15. The van der Waals surface area contributed by atoms with Crippen LogP contribution < -0.4 is 0 Å². The van der Waals surface area contributed by atoms with Crippen molar-refractivity contribution in [2.75, 3.05) is 6.61 Å². The molecule has 0 saturated heterocycles. The highest BCUT2D eigenvalue weighted by molar-refractivity contribution is 9.10. The Kier molecular flexibility index (Phi) is 4.57. The third-order valence-corrected chi connectivity index (χ3v) is 2.83. The number of aromatic hydroxyl groups is 1. The quantitative estimate of drug-likeness (QED) is 0.511. The molecule has 17 heavy (non-hydrogen) atoms. The van der Waals surface area contributed by atoms with E-state index in [9.17, 15) is 15.0 Å². The van der Waals surface area contributed by atoms with Crippen molar-refractivity contribution in [3.05, 3.63) is 33.8 Å². The van der Waals surface area contributed by atoms with Gasteiger partial charge in [-0.3, -0.25) is 0 Å². The number of benzene rings is 1. The summed E-state index contributed by atoms with van der Waals surface area (Å²) in [5.74, 6) is -0.794. The number of aliphatic hydroxyl groups is 1. The molecule has 0 heterocycles. The largest absolute Gasteiger partial charge is 0.508 e. The van der Waals surface area contributed by atoms with Crippen molar-refractivity contribution in [1.82, 2.24) is 0 Å². The molecule has 0 fully saturated rings. The first-order valence-electron chi connectivity index (χ1n) is 5.03. The van der Waals surface area contributed by atoms with Gasteiger partial charge in [0, 0.05) is 10.0 Å². The molecule has 0 bridgehead atoms. The fourth-order valence-corrected chi connectivity index (χ4v) is 1.67.